The second kappa shape index (κ2) is 6.60. The minimum atomic E-state index is 0.0112. The van der Waals surface area contributed by atoms with Crippen LogP contribution >= 0.6 is 0 Å². The van der Waals surface area contributed by atoms with Gasteiger partial charge < -0.3 is 4.90 Å². The topological polar surface area (TPSA) is 20.3 Å². The molecule has 2 heteroatoms. The zero-order chi connectivity index (χ0) is 18.1. The van der Waals surface area contributed by atoms with Gasteiger partial charge in [0.25, 0.3) is 0 Å². The van der Waals surface area contributed by atoms with E-state index in [0.717, 1.165) is 18.5 Å². The van der Waals surface area contributed by atoms with Crippen LogP contribution in [-0.2, 0) is 11.3 Å². The van der Waals surface area contributed by atoms with E-state index in [1.54, 1.807) is 0 Å². The van der Waals surface area contributed by atoms with Crippen molar-refractivity contribution in [2.75, 3.05) is 0 Å². The average molecular weight is 343 g/mol. The molecule has 2 aromatic rings. The lowest BCUT2D eigenvalue weighted by molar-refractivity contribution is -0.118. The second-order valence-corrected chi connectivity index (χ2v) is 8.14. The van der Waals surface area contributed by atoms with E-state index in [2.05, 4.69) is 79.6 Å². The summed E-state index contributed by atoms with van der Waals surface area (Å²) < 4.78 is 0. The minimum Gasteiger partial charge on any atom is -0.347 e. The maximum absolute atomic E-state index is 13.1. The van der Waals surface area contributed by atoms with Crippen molar-refractivity contribution in [2.45, 2.75) is 39.2 Å². The van der Waals surface area contributed by atoms with Crippen molar-refractivity contribution in [3.8, 4) is 0 Å². The average Bonchev–Trinajstić information content (AvgIpc) is 2.63. The van der Waals surface area contributed by atoms with Crippen molar-refractivity contribution in [3.63, 3.8) is 0 Å². The summed E-state index contributed by atoms with van der Waals surface area (Å²) in [5.74, 6) is 0.370. The molecule has 0 radical (unpaired) electrons. The number of benzene rings is 2. The summed E-state index contributed by atoms with van der Waals surface area (Å²) >= 11 is 0. The predicted octanol–water partition coefficient (Wildman–Crippen LogP) is 5.44. The van der Waals surface area contributed by atoms with Crippen LogP contribution in [0.2, 0.25) is 0 Å². The molecule has 0 N–H and O–H groups in total. The monoisotopic (exact) mass is 343 g/mol. The molecular formula is C24H25NO. The zero-order valence-corrected chi connectivity index (χ0v) is 15.5. The molecule has 1 heterocycles. The Kier molecular flexibility index (Phi) is 4.28. The summed E-state index contributed by atoms with van der Waals surface area (Å²) in [5, 5.41) is 0. The van der Waals surface area contributed by atoms with Gasteiger partial charge >= 0.3 is 0 Å². The van der Waals surface area contributed by atoms with Crippen molar-refractivity contribution in [1.29, 1.82) is 0 Å². The third-order valence-electron chi connectivity index (χ3n) is 5.37. The van der Waals surface area contributed by atoms with E-state index >= 15 is 0 Å². The Morgan fingerprint density at radius 2 is 1.62 bits per heavy atom. The normalized spacial score (nSPS) is 21.7. The standard InChI is InChI=1S/C24H25NO/c1-24(2)15-21-23(22(26)16-24)20(19-11-7-4-8-12-19)13-14-25(21)17-18-9-5-3-6-10-18/h3-14,20H,15-17H2,1-2H3. The van der Waals surface area contributed by atoms with Crippen molar-refractivity contribution in [2.24, 2.45) is 5.41 Å². The quantitative estimate of drug-likeness (QED) is 0.739. The fourth-order valence-corrected chi connectivity index (χ4v) is 4.15. The SMILES string of the molecule is CC1(C)CC(=O)C2=C(C1)N(Cc1ccccc1)C=CC2c1ccccc1. The van der Waals surface area contributed by atoms with Gasteiger partial charge in [-0.2, -0.15) is 0 Å². The second-order valence-electron chi connectivity index (χ2n) is 8.14. The van der Waals surface area contributed by atoms with Crippen LogP contribution in [0.5, 0.6) is 0 Å². The summed E-state index contributed by atoms with van der Waals surface area (Å²) in [6.07, 6.45) is 5.93. The zero-order valence-electron chi connectivity index (χ0n) is 15.5. The molecule has 2 nitrogen and oxygen atoms in total. The summed E-state index contributed by atoms with van der Waals surface area (Å²) in [5.41, 5.74) is 4.67. The molecule has 0 aromatic heterocycles. The summed E-state index contributed by atoms with van der Waals surface area (Å²) in [4.78, 5) is 15.4. The number of nitrogens with zero attached hydrogens (tertiary/aromatic N) is 1. The van der Waals surface area contributed by atoms with Crippen molar-refractivity contribution >= 4 is 5.78 Å². The molecule has 2 aromatic carbocycles. The molecule has 1 aliphatic carbocycles. The van der Waals surface area contributed by atoms with Gasteiger partial charge in [-0.05, 0) is 23.0 Å². The lowest BCUT2D eigenvalue weighted by atomic mass is 9.70. The van der Waals surface area contributed by atoms with Crippen LogP contribution < -0.4 is 0 Å². The Morgan fingerprint density at radius 1 is 0.962 bits per heavy atom. The van der Waals surface area contributed by atoms with Crippen LogP contribution in [0, 0.1) is 5.41 Å². The number of ketones is 1. The van der Waals surface area contributed by atoms with Crippen molar-refractivity contribution < 1.29 is 4.79 Å². The van der Waals surface area contributed by atoms with E-state index in [1.165, 1.54) is 16.8 Å². The number of rotatable bonds is 3. The maximum atomic E-state index is 13.1. The van der Waals surface area contributed by atoms with Crippen LogP contribution in [0.1, 0.15) is 43.7 Å². The van der Waals surface area contributed by atoms with E-state index in [9.17, 15) is 4.79 Å². The van der Waals surface area contributed by atoms with Gasteiger partial charge in [0.15, 0.2) is 5.78 Å². The number of carbonyl (C=O) groups is 1. The molecule has 0 bridgehead atoms. The first-order valence-electron chi connectivity index (χ1n) is 9.34. The Morgan fingerprint density at radius 3 is 2.31 bits per heavy atom. The fourth-order valence-electron chi connectivity index (χ4n) is 4.15. The van der Waals surface area contributed by atoms with Crippen LogP contribution in [0.3, 0.4) is 0 Å². The smallest absolute Gasteiger partial charge is 0.162 e. The Labute approximate surface area is 155 Å². The van der Waals surface area contributed by atoms with Gasteiger partial charge in [0.05, 0.1) is 0 Å². The molecule has 0 fully saturated rings. The molecule has 0 saturated heterocycles. The molecule has 0 spiro atoms. The number of Topliss-reactive ketones (excluding diaryl/α,β-unsaturated/α-hetero) is 1. The first-order valence-corrected chi connectivity index (χ1v) is 9.34. The molecule has 1 unspecified atom stereocenters. The molecule has 26 heavy (non-hydrogen) atoms. The molecule has 1 atom stereocenters. The van der Waals surface area contributed by atoms with Gasteiger partial charge in [-0.3, -0.25) is 4.79 Å². The first-order chi connectivity index (χ1) is 12.5. The lowest BCUT2D eigenvalue weighted by Gasteiger charge is -2.41. The van der Waals surface area contributed by atoms with Crippen molar-refractivity contribution in [1.82, 2.24) is 4.90 Å². The van der Waals surface area contributed by atoms with Gasteiger partial charge in [0, 0.05) is 36.4 Å². The number of allylic oxidation sites excluding steroid dienone is 3. The first kappa shape index (κ1) is 16.8. The van der Waals surface area contributed by atoms with E-state index < -0.39 is 0 Å². The summed E-state index contributed by atoms with van der Waals surface area (Å²) in [6.45, 7) is 5.21. The van der Waals surface area contributed by atoms with Gasteiger partial charge in [0.2, 0.25) is 0 Å². The minimum absolute atomic E-state index is 0.0112. The maximum Gasteiger partial charge on any atom is 0.162 e. The van der Waals surface area contributed by atoms with Crippen LogP contribution in [0.25, 0.3) is 0 Å². The highest BCUT2D eigenvalue weighted by atomic mass is 16.1. The van der Waals surface area contributed by atoms with Gasteiger partial charge in [-0.1, -0.05) is 80.6 Å². The molecule has 1 aliphatic heterocycles. The Bertz CT molecular complexity index is 862. The van der Waals surface area contributed by atoms with E-state index in [4.69, 9.17) is 0 Å². The Hall–Kier alpha value is -2.61. The third-order valence-corrected chi connectivity index (χ3v) is 5.37. The largest absolute Gasteiger partial charge is 0.347 e. The molecule has 0 saturated carbocycles. The predicted molar refractivity (Wildman–Crippen MR) is 105 cm³/mol. The highest BCUT2D eigenvalue weighted by Crippen LogP contribution is 2.45. The van der Waals surface area contributed by atoms with Gasteiger partial charge in [-0.15, -0.1) is 0 Å². The number of hydrogen-bond acceptors (Lipinski definition) is 2. The molecular weight excluding hydrogens is 318 g/mol. The highest BCUT2D eigenvalue weighted by Gasteiger charge is 2.39. The van der Waals surface area contributed by atoms with Crippen LogP contribution in [0.4, 0.5) is 0 Å². The highest BCUT2D eigenvalue weighted by molar-refractivity contribution is 5.99. The summed E-state index contributed by atoms with van der Waals surface area (Å²) in [7, 11) is 0. The molecule has 4 rings (SSSR count). The van der Waals surface area contributed by atoms with E-state index in [0.29, 0.717) is 12.2 Å². The van der Waals surface area contributed by atoms with E-state index in [-0.39, 0.29) is 11.3 Å². The van der Waals surface area contributed by atoms with Crippen LogP contribution in [0.15, 0.2) is 84.2 Å². The van der Waals surface area contributed by atoms with Crippen LogP contribution in [-0.4, -0.2) is 10.7 Å². The molecule has 0 amide bonds. The number of carbonyl (C=O) groups excluding carboxylic acids is 1. The van der Waals surface area contributed by atoms with Gasteiger partial charge in [-0.25, -0.2) is 0 Å². The molecule has 2 aliphatic rings. The van der Waals surface area contributed by atoms with Gasteiger partial charge in [0.1, 0.15) is 0 Å². The third kappa shape index (κ3) is 3.24. The Balaban J connectivity index is 1.75. The molecule has 132 valence electrons. The fraction of sp³-hybridized carbons (Fsp3) is 0.292. The number of hydrogen-bond donors (Lipinski definition) is 0. The lowest BCUT2D eigenvalue weighted by Crippen LogP contribution is -2.35. The summed E-state index contributed by atoms with van der Waals surface area (Å²) in [6, 6.07) is 20.9. The van der Waals surface area contributed by atoms with E-state index in [1.807, 2.05) is 12.1 Å². The van der Waals surface area contributed by atoms with Crippen molar-refractivity contribution in [3.05, 3.63) is 95.3 Å².